The second kappa shape index (κ2) is 12.1. The lowest BCUT2D eigenvalue weighted by Crippen LogP contribution is -2.27. The normalized spacial score (nSPS) is 14.5. The van der Waals surface area contributed by atoms with E-state index in [2.05, 4.69) is 18.7 Å². The number of thioether (sulfide) groups is 1. The summed E-state index contributed by atoms with van der Waals surface area (Å²) in [6.45, 7) is 8.32. The van der Waals surface area contributed by atoms with E-state index in [1.165, 1.54) is 4.90 Å². The summed E-state index contributed by atoms with van der Waals surface area (Å²) >= 11 is 13.3. The van der Waals surface area contributed by atoms with Crippen LogP contribution in [0.2, 0.25) is 10.0 Å². The molecule has 3 aromatic carbocycles. The molecule has 1 heterocycles. The lowest BCUT2D eigenvalue weighted by Gasteiger charge is -2.22. The molecular formula is C29H28Cl2N2O3S. The Morgan fingerprint density at radius 1 is 0.973 bits per heavy atom. The van der Waals surface area contributed by atoms with Gasteiger partial charge in [0.05, 0.1) is 11.4 Å². The fraction of sp³-hybridized carbons (Fsp3) is 0.241. The van der Waals surface area contributed by atoms with Gasteiger partial charge in [0.15, 0.2) is 0 Å². The first-order valence-electron chi connectivity index (χ1n) is 12.1. The quantitative estimate of drug-likeness (QED) is 0.251. The summed E-state index contributed by atoms with van der Waals surface area (Å²) in [5.74, 6) is 0.291. The van der Waals surface area contributed by atoms with Gasteiger partial charge in [0, 0.05) is 46.0 Å². The van der Waals surface area contributed by atoms with E-state index in [1.54, 1.807) is 18.2 Å². The zero-order valence-corrected chi connectivity index (χ0v) is 23.3. The fourth-order valence-electron chi connectivity index (χ4n) is 4.08. The first kappa shape index (κ1) is 27.1. The maximum Gasteiger partial charge on any atom is 0.293 e. The maximum absolute atomic E-state index is 13.2. The molecule has 192 valence electrons. The van der Waals surface area contributed by atoms with Crippen molar-refractivity contribution in [2.45, 2.75) is 33.9 Å². The topological polar surface area (TPSA) is 49.9 Å². The predicted molar refractivity (Wildman–Crippen MR) is 153 cm³/mol. The van der Waals surface area contributed by atoms with Gasteiger partial charge in [-0.25, -0.2) is 0 Å². The average Bonchev–Trinajstić information content (AvgIpc) is 3.14. The Bertz CT molecular complexity index is 1350. The number of aryl methyl sites for hydroxylation is 1. The van der Waals surface area contributed by atoms with E-state index >= 15 is 0 Å². The molecule has 0 radical (unpaired) electrons. The van der Waals surface area contributed by atoms with Crippen molar-refractivity contribution in [1.29, 1.82) is 0 Å². The number of imide groups is 1. The number of ether oxygens (including phenoxy) is 1. The lowest BCUT2D eigenvalue weighted by atomic mass is 10.1. The molecule has 0 saturated carbocycles. The van der Waals surface area contributed by atoms with Crippen molar-refractivity contribution in [1.82, 2.24) is 4.90 Å². The van der Waals surface area contributed by atoms with Crippen molar-refractivity contribution in [3.63, 3.8) is 0 Å². The van der Waals surface area contributed by atoms with E-state index in [0.29, 0.717) is 26.3 Å². The molecule has 1 fully saturated rings. The van der Waals surface area contributed by atoms with E-state index in [4.69, 9.17) is 27.9 Å². The van der Waals surface area contributed by atoms with Crippen molar-refractivity contribution < 1.29 is 14.3 Å². The van der Waals surface area contributed by atoms with Crippen molar-refractivity contribution >= 4 is 57.9 Å². The SMILES string of the molecule is CCN(CC)c1ccc(/C=C2\SC(=O)N(Cc3ccccc3C)C2=O)c(OCc2ccc(Cl)cc2Cl)c1. The number of hydrogen-bond acceptors (Lipinski definition) is 5. The van der Waals surface area contributed by atoms with Crippen LogP contribution in [0.3, 0.4) is 0 Å². The molecule has 0 bridgehead atoms. The maximum atomic E-state index is 13.2. The number of hydrogen-bond donors (Lipinski definition) is 0. The highest BCUT2D eigenvalue weighted by Crippen LogP contribution is 2.36. The van der Waals surface area contributed by atoms with Gasteiger partial charge in [-0.2, -0.15) is 0 Å². The third-order valence-corrected chi connectivity index (χ3v) is 7.77. The Labute approximate surface area is 232 Å². The zero-order valence-electron chi connectivity index (χ0n) is 21.0. The van der Waals surface area contributed by atoms with Crippen molar-refractivity contribution in [2.24, 2.45) is 0 Å². The van der Waals surface area contributed by atoms with Crippen LogP contribution in [0.15, 0.2) is 65.6 Å². The molecule has 0 aliphatic carbocycles. The van der Waals surface area contributed by atoms with E-state index in [-0.39, 0.29) is 24.3 Å². The van der Waals surface area contributed by atoms with E-state index < -0.39 is 0 Å². The molecule has 8 heteroatoms. The van der Waals surface area contributed by atoms with E-state index in [1.807, 2.05) is 55.5 Å². The molecule has 2 amide bonds. The smallest absolute Gasteiger partial charge is 0.293 e. The number of rotatable bonds is 9. The van der Waals surface area contributed by atoms with Crippen molar-refractivity contribution in [2.75, 3.05) is 18.0 Å². The molecule has 3 aromatic rings. The Balaban J connectivity index is 1.63. The van der Waals surface area contributed by atoms with E-state index in [0.717, 1.165) is 47.2 Å². The summed E-state index contributed by atoms with van der Waals surface area (Å²) in [6, 6.07) is 18.9. The summed E-state index contributed by atoms with van der Waals surface area (Å²) in [6.07, 6.45) is 1.73. The molecular weight excluding hydrogens is 527 g/mol. The van der Waals surface area contributed by atoms with Crippen LogP contribution in [0.4, 0.5) is 10.5 Å². The number of nitrogens with zero attached hydrogens (tertiary/aromatic N) is 2. The minimum absolute atomic E-state index is 0.229. The van der Waals surface area contributed by atoms with Crippen LogP contribution in [0, 0.1) is 6.92 Å². The van der Waals surface area contributed by atoms with Crippen LogP contribution in [-0.2, 0) is 17.9 Å². The molecule has 0 atom stereocenters. The van der Waals surface area contributed by atoms with Crippen LogP contribution in [0.5, 0.6) is 5.75 Å². The second-order valence-electron chi connectivity index (χ2n) is 8.61. The number of carbonyl (C=O) groups is 2. The van der Waals surface area contributed by atoms with Gasteiger partial charge in [-0.3, -0.25) is 14.5 Å². The molecule has 0 N–H and O–H groups in total. The molecule has 5 nitrogen and oxygen atoms in total. The minimum atomic E-state index is -0.308. The molecule has 1 aliphatic rings. The monoisotopic (exact) mass is 554 g/mol. The van der Waals surface area contributed by atoms with Crippen LogP contribution >= 0.6 is 35.0 Å². The van der Waals surface area contributed by atoms with Crippen LogP contribution in [-0.4, -0.2) is 29.1 Å². The number of anilines is 1. The first-order valence-corrected chi connectivity index (χ1v) is 13.6. The summed E-state index contributed by atoms with van der Waals surface area (Å²) in [4.78, 5) is 29.8. The molecule has 1 saturated heterocycles. The minimum Gasteiger partial charge on any atom is -0.488 e. The van der Waals surface area contributed by atoms with Gasteiger partial charge >= 0.3 is 0 Å². The van der Waals surface area contributed by atoms with Crippen LogP contribution in [0.1, 0.15) is 36.1 Å². The Hall–Kier alpha value is -2.93. The van der Waals surface area contributed by atoms with E-state index in [9.17, 15) is 9.59 Å². The standard InChI is InChI=1S/C29H28Cl2N2O3S/c1-4-32(5-2)24-13-11-20(26(16-24)36-18-22-10-12-23(30)15-25(22)31)14-27-28(34)33(29(35)37-27)17-21-9-7-6-8-19(21)3/h6-16H,4-5,17-18H2,1-3H3/b27-14-. The fourth-order valence-corrected chi connectivity index (χ4v) is 5.37. The van der Waals surface area contributed by atoms with Crippen LogP contribution < -0.4 is 9.64 Å². The van der Waals surface area contributed by atoms with Gasteiger partial charge in [-0.05, 0) is 74.0 Å². The molecule has 37 heavy (non-hydrogen) atoms. The third-order valence-electron chi connectivity index (χ3n) is 6.27. The second-order valence-corrected chi connectivity index (χ2v) is 10.4. The largest absolute Gasteiger partial charge is 0.488 e. The average molecular weight is 556 g/mol. The molecule has 0 aromatic heterocycles. The van der Waals surface area contributed by atoms with Crippen molar-refractivity contribution in [3.8, 4) is 5.75 Å². The highest BCUT2D eigenvalue weighted by molar-refractivity contribution is 8.18. The predicted octanol–water partition coefficient (Wildman–Crippen LogP) is 7.96. The number of carbonyl (C=O) groups excluding carboxylic acids is 2. The summed E-state index contributed by atoms with van der Waals surface area (Å²) in [5, 5.41) is 0.792. The van der Waals surface area contributed by atoms with Gasteiger partial charge in [-0.15, -0.1) is 0 Å². The molecule has 1 aliphatic heterocycles. The van der Waals surface area contributed by atoms with Gasteiger partial charge < -0.3 is 9.64 Å². The Morgan fingerprint density at radius 2 is 1.73 bits per heavy atom. The first-order chi connectivity index (χ1) is 17.8. The Morgan fingerprint density at radius 3 is 2.43 bits per heavy atom. The summed E-state index contributed by atoms with van der Waals surface area (Å²) < 4.78 is 6.22. The number of halogens is 2. The number of amides is 2. The van der Waals surface area contributed by atoms with Gasteiger partial charge in [0.2, 0.25) is 0 Å². The zero-order chi connectivity index (χ0) is 26.5. The summed E-state index contributed by atoms with van der Waals surface area (Å²) in [5.41, 5.74) is 4.49. The van der Waals surface area contributed by atoms with Gasteiger partial charge in [0.1, 0.15) is 12.4 Å². The number of benzene rings is 3. The third kappa shape index (κ3) is 6.32. The molecule has 4 rings (SSSR count). The van der Waals surface area contributed by atoms with Crippen LogP contribution in [0.25, 0.3) is 6.08 Å². The molecule has 0 spiro atoms. The Kier molecular flexibility index (Phi) is 8.85. The van der Waals surface area contributed by atoms with Crippen molar-refractivity contribution in [3.05, 3.63) is 97.9 Å². The highest BCUT2D eigenvalue weighted by atomic mass is 35.5. The van der Waals surface area contributed by atoms with Gasteiger partial charge in [0.25, 0.3) is 11.1 Å². The summed E-state index contributed by atoms with van der Waals surface area (Å²) in [7, 11) is 0. The van der Waals surface area contributed by atoms with Gasteiger partial charge in [-0.1, -0.05) is 53.5 Å². The lowest BCUT2D eigenvalue weighted by molar-refractivity contribution is -0.123. The molecule has 0 unspecified atom stereocenters. The highest BCUT2D eigenvalue weighted by Gasteiger charge is 2.35.